The van der Waals surface area contributed by atoms with Gasteiger partial charge in [-0.05, 0) is 57.3 Å². The van der Waals surface area contributed by atoms with E-state index in [2.05, 4.69) is 57.2 Å². The minimum atomic E-state index is -4.64. The lowest BCUT2D eigenvalue weighted by molar-refractivity contribution is -0.161. The van der Waals surface area contributed by atoms with Gasteiger partial charge in [-0.2, -0.15) is 0 Å². The standard InChI is InChI=1S/C45H81O11P/c1-4-5-6-7-8-9-10-15-18-21-24-27-31-42-43(56-42)32-29-34-45(49)55-41(38-54-57(50,51)53-36-40(47)35-46)37-52-44(48)33-28-25-22-19-16-13-11-12-14-17-20-23-26-30-39(2)3/h8-9,15,18,24,27,39-43,46-47H,4-7,10-14,16-17,19-23,25-26,28-38H2,1-3H3,(H,50,51)/b9-8-,18-15-,27-24-/t40-,41+,42?,43?/m0/s1. The van der Waals surface area contributed by atoms with Gasteiger partial charge in [0.15, 0.2) is 6.10 Å². The molecule has 57 heavy (non-hydrogen) atoms. The van der Waals surface area contributed by atoms with E-state index < -0.39 is 51.8 Å². The van der Waals surface area contributed by atoms with Gasteiger partial charge in [0.1, 0.15) is 12.7 Å². The zero-order chi connectivity index (χ0) is 41.8. The summed E-state index contributed by atoms with van der Waals surface area (Å²) in [7, 11) is -4.64. The molecule has 0 aromatic carbocycles. The van der Waals surface area contributed by atoms with E-state index in [0.717, 1.165) is 50.9 Å². The van der Waals surface area contributed by atoms with E-state index >= 15 is 0 Å². The molecule has 1 rings (SSSR count). The van der Waals surface area contributed by atoms with E-state index in [1.165, 1.54) is 83.5 Å². The van der Waals surface area contributed by atoms with E-state index in [0.29, 0.717) is 19.3 Å². The molecule has 0 spiro atoms. The quantitative estimate of drug-likeness (QED) is 0.0177. The Morgan fingerprint density at radius 2 is 1.25 bits per heavy atom. The van der Waals surface area contributed by atoms with Crippen molar-refractivity contribution in [3.63, 3.8) is 0 Å². The van der Waals surface area contributed by atoms with Crippen molar-refractivity contribution < 1.29 is 52.5 Å². The lowest BCUT2D eigenvalue weighted by Crippen LogP contribution is -2.30. The molecule has 1 saturated heterocycles. The third-order valence-corrected chi connectivity index (χ3v) is 10.9. The summed E-state index contributed by atoms with van der Waals surface area (Å²) in [6.45, 7) is 4.61. The Balaban J connectivity index is 2.29. The molecular weight excluding hydrogens is 747 g/mol. The summed E-state index contributed by atoms with van der Waals surface area (Å²) in [5, 5.41) is 18.4. The summed E-state index contributed by atoms with van der Waals surface area (Å²) in [6, 6.07) is 0. The number of aliphatic hydroxyl groups is 2. The smallest absolute Gasteiger partial charge is 0.462 e. The number of hydrogen-bond acceptors (Lipinski definition) is 10. The Morgan fingerprint density at radius 1 is 0.684 bits per heavy atom. The van der Waals surface area contributed by atoms with Gasteiger partial charge in [0.2, 0.25) is 0 Å². The fourth-order valence-corrected chi connectivity index (χ4v) is 7.11. The summed E-state index contributed by atoms with van der Waals surface area (Å²) in [4.78, 5) is 35.1. The second kappa shape index (κ2) is 36.0. The van der Waals surface area contributed by atoms with Gasteiger partial charge in [-0.25, -0.2) is 4.57 Å². The molecule has 3 N–H and O–H groups in total. The zero-order valence-electron chi connectivity index (χ0n) is 35.9. The maximum atomic E-state index is 12.7. The van der Waals surface area contributed by atoms with E-state index in [9.17, 15) is 24.2 Å². The van der Waals surface area contributed by atoms with Gasteiger partial charge in [0.05, 0.1) is 32.0 Å². The number of rotatable bonds is 40. The molecule has 0 aromatic heterocycles. The van der Waals surface area contributed by atoms with Crippen LogP contribution in [-0.2, 0) is 37.4 Å². The minimum Gasteiger partial charge on any atom is -0.462 e. The molecule has 0 amide bonds. The number of aliphatic hydroxyl groups excluding tert-OH is 2. The first-order valence-corrected chi connectivity index (χ1v) is 23.9. The summed E-state index contributed by atoms with van der Waals surface area (Å²) in [6.07, 6.45) is 37.0. The monoisotopic (exact) mass is 829 g/mol. The van der Waals surface area contributed by atoms with Crippen molar-refractivity contribution in [2.24, 2.45) is 5.92 Å². The molecule has 1 fully saturated rings. The van der Waals surface area contributed by atoms with E-state index in [1.54, 1.807) is 0 Å². The predicted octanol–water partition coefficient (Wildman–Crippen LogP) is 10.8. The van der Waals surface area contributed by atoms with Gasteiger partial charge >= 0.3 is 19.8 Å². The lowest BCUT2D eigenvalue weighted by Gasteiger charge is -2.20. The number of esters is 2. The molecule has 0 aromatic rings. The third-order valence-electron chi connectivity index (χ3n) is 9.90. The first-order chi connectivity index (χ1) is 27.6. The van der Waals surface area contributed by atoms with Crippen molar-refractivity contribution in [3.8, 4) is 0 Å². The number of allylic oxidation sites excluding steroid dienone is 5. The summed E-state index contributed by atoms with van der Waals surface area (Å²) >= 11 is 0. The molecule has 1 aliphatic heterocycles. The second-order valence-corrected chi connectivity index (χ2v) is 17.4. The van der Waals surface area contributed by atoms with Crippen molar-refractivity contribution in [1.82, 2.24) is 0 Å². The number of carbonyl (C=O) groups is 2. The van der Waals surface area contributed by atoms with E-state index in [-0.39, 0.29) is 31.7 Å². The average molecular weight is 829 g/mol. The molecule has 0 radical (unpaired) electrons. The van der Waals surface area contributed by atoms with Crippen LogP contribution in [0.2, 0.25) is 0 Å². The third kappa shape index (κ3) is 34.7. The molecule has 1 aliphatic rings. The van der Waals surface area contributed by atoms with Crippen LogP contribution in [-0.4, -0.2) is 77.9 Å². The number of ether oxygens (including phenoxy) is 3. The fraction of sp³-hybridized carbons (Fsp3) is 0.822. The fourth-order valence-electron chi connectivity index (χ4n) is 6.32. The highest BCUT2D eigenvalue weighted by molar-refractivity contribution is 7.47. The Labute approximate surface area is 346 Å². The molecule has 0 saturated carbocycles. The number of epoxide rings is 1. The summed E-state index contributed by atoms with van der Waals surface area (Å²) in [5.41, 5.74) is 0. The molecule has 3 unspecified atom stereocenters. The maximum Gasteiger partial charge on any atom is 0.472 e. The molecular formula is C45H81O11P. The van der Waals surface area contributed by atoms with Crippen molar-refractivity contribution in [2.45, 2.75) is 206 Å². The van der Waals surface area contributed by atoms with Crippen molar-refractivity contribution in [2.75, 3.05) is 26.4 Å². The van der Waals surface area contributed by atoms with Crippen LogP contribution in [0.15, 0.2) is 36.5 Å². The number of hydrogen-bond donors (Lipinski definition) is 3. The minimum absolute atomic E-state index is 0.0895. The van der Waals surface area contributed by atoms with E-state index in [4.69, 9.17) is 28.4 Å². The van der Waals surface area contributed by atoms with Crippen molar-refractivity contribution >= 4 is 19.8 Å². The number of carbonyl (C=O) groups excluding carboxylic acids is 2. The SMILES string of the molecule is CCCCC/C=C\C/C=C\C/C=C\CC1OC1CCCC(=O)O[C@H](COC(=O)CCCCCCCCCCCCCCCC(C)C)COP(=O)(O)OC[C@@H](O)CO. The maximum absolute atomic E-state index is 12.7. The summed E-state index contributed by atoms with van der Waals surface area (Å²) in [5.74, 6) is -0.184. The molecule has 332 valence electrons. The second-order valence-electron chi connectivity index (χ2n) is 15.9. The van der Waals surface area contributed by atoms with E-state index in [1.807, 2.05) is 0 Å². The van der Waals surface area contributed by atoms with Gasteiger partial charge in [0, 0.05) is 12.8 Å². The first-order valence-electron chi connectivity index (χ1n) is 22.4. The van der Waals surface area contributed by atoms with Crippen LogP contribution in [0.1, 0.15) is 181 Å². The Hall–Kier alpha value is -1.85. The van der Waals surface area contributed by atoms with Crippen LogP contribution >= 0.6 is 7.82 Å². The highest BCUT2D eigenvalue weighted by Gasteiger charge is 2.37. The summed E-state index contributed by atoms with van der Waals surface area (Å²) < 4.78 is 38.5. The predicted molar refractivity (Wildman–Crippen MR) is 228 cm³/mol. The molecule has 5 atom stereocenters. The Bertz CT molecular complexity index is 1120. The van der Waals surface area contributed by atoms with Gasteiger partial charge in [-0.3, -0.25) is 18.6 Å². The Kier molecular flexibility index (Phi) is 33.6. The largest absolute Gasteiger partial charge is 0.472 e. The normalized spacial score (nSPS) is 17.8. The molecule has 0 aliphatic carbocycles. The van der Waals surface area contributed by atoms with Gasteiger partial charge in [0.25, 0.3) is 0 Å². The van der Waals surface area contributed by atoms with Crippen LogP contribution in [0.5, 0.6) is 0 Å². The van der Waals surface area contributed by atoms with Crippen molar-refractivity contribution in [3.05, 3.63) is 36.5 Å². The van der Waals surface area contributed by atoms with Crippen LogP contribution in [0.25, 0.3) is 0 Å². The topological polar surface area (TPSA) is 161 Å². The molecule has 11 nitrogen and oxygen atoms in total. The van der Waals surface area contributed by atoms with Crippen molar-refractivity contribution in [1.29, 1.82) is 0 Å². The van der Waals surface area contributed by atoms with Crippen LogP contribution in [0.4, 0.5) is 0 Å². The van der Waals surface area contributed by atoms with Gasteiger partial charge < -0.3 is 29.3 Å². The zero-order valence-corrected chi connectivity index (χ0v) is 36.8. The number of unbranched alkanes of at least 4 members (excludes halogenated alkanes) is 15. The first kappa shape index (κ1) is 53.2. The molecule has 1 heterocycles. The highest BCUT2D eigenvalue weighted by Crippen LogP contribution is 2.43. The number of phosphoric ester groups is 1. The van der Waals surface area contributed by atoms with Gasteiger partial charge in [-0.1, -0.05) is 154 Å². The van der Waals surface area contributed by atoms with Crippen LogP contribution in [0.3, 0.4) is 0 Å². The van der Waals surface area contributed by atoms with Gasteiger partial charge in [-0.15, -0.1) is 0 Å². The molecule has 0 bridgehead atoms. The molecule has 12 heteroatoms. The average Bonchev–Trinajstić information content (AvgIpc) is 3.94. The lowest BCUT2D eigenvalue weighted by atomic mass is 10.0. The Morgan fingerprint density at radius 3 is 1.86 bits per heavy atom. The van der Waals surface area contributed by atoms with Crippen LogP contribution < -0.4 is 0 Å². The number of phosphoric acid groups is 1. The van der Waals surface area contributed by atoms with Crippen LogP contribution in [0, 0.1) is 5.92 Å². The highest BCUT2D eigenvalue weighted by atomic mass is 31.2.